The number of nitrogens with two attached hydrogens (primary N) is 1. The summed E-state index contributed by atoms with van der Waals surface area (Å²) in [6.07, 6.45) is 0.0857. The molecule has 0 atom stereocenters. The van der Waals surface area contributed by atoms with Crippen molar-refractivity contribution in [3.05, 3.63) is 18.2 Å². The first-order chi connectivity index (χ1) is 8.92. The largest absolute Gasteiger partial charge is 0.491 e. The van der Waals surface area contributed by atoms with Crippen LogP contribution in [0.25, 0.3) is 0 Å². The first-order valence-corrected chi connectivity index (χ1v) is 6.47. The molecule has 5 heteroatoms. The van der Waals surface area contributed by atoms with Crippen LogP contribution in [-0.2, 0) is 4.79 Å². The topological polar surface area (TPSA) is 67.6 Å². The number of carbonyl (C=O) groups is 1. The number of likely N-dealkylation sites (N-methyl/N-ethyl adjacent to an activating group) is 1. The Kier molecular flexibility index (Phi) is 5.48. The fourth-order valence-electron chi connectivity index (χ4n) is 1.55. The monoisotopic (exact) mass is 265 g/mol. The SMILES string of the molecule is CCN(C)C(=O)CNc1cc(N)cc(OC(C)C)c1. The smallest absolute Gasteiger partial charge is 0.241 e. The molecule has 1 aromatic rings. The average Bonchev–Trinajstić information content (AvgIpc) is 2.33. The predicted molar refractivity (Wildman–Crippen MR) is 78.4 cm³/mol. The van der Waals surface area contributed by atoms with E-state index >= 15 is 0 Å². The molecule has 1 amide bonds. The van der Waals surface area contributed by atoms with Gasteiger partial charge in [-0.25, -0.2) is 0 Å². The Hall–Kier alpha value is -1.91. The summed E-state index contributed by atoms with van der Waals surface area (Å²) in [7, 11) is 1.77. The molecule has 0 radical (unpaired) electrons. The number of nitrogen functional groups attached to an aromatic ring is 1. The van der Waals surface area contributed by atoms with Crippen molar-refractivity contribution < 1.29 is 9.53 Å². The van der Waals surface area contributed by atoms with Crippen molar-refractivity contribution in [2.24, 2.45) is 0 Å². The van der Waals surface area contributed by atoms with Gasteiger partial charge in [-0.3, -0.25) is 4.79 Å². The summed E-state index contributed by atoms with van der Waals surface area (Å²) in [5, 5.41) is 3.06. The minimum Gasteiger partial charge on any atom is -0.491 e. The number of rotatable bonds is 6. The van der Waals surface area contributed by atoms with E-state index in [1.807, 2.05) is 26.8 Å². The van der Waals surface area contributed by atoms with E-state index in [0.717, 1.165) is 5.69 Å². The summed E-state index contributed by atoms with van der Waals surface area (Å²) in [4.78, 5) is 13.4. The van der Waals surface area contributed by atoms with Crippen LogP contribution in [0.3, 0.4) is 0 Å². The number of nitrogens with zero attached hydrogens (tertiary/aromatic N) is 1. The van der Waals surface area contributed by atoms with Gasteiger partial charge in [0.25, 0.3) is 0 Å². The highest BCUT2D eigenvalue weighted by Crippen LogP contribution is 2.23. The first kappa shape index (κ1) is 15.1. The number of hydrogen-bond donors (Lipinski definition) is 2. The van der Waals surface area contributed by atoms with Gasteiger partial charge in [-0.05, 0) is 26.8 Å². The second-order valence-corrected chi connectivity index (χ2v) is 4.72. The molecule has 0 spiro atoms. The van der Waals surface area contributed by atoms with Crippen molar-refractivity contribution in [3.63, 3.8) is 0 Å². The van der Waals surface area contributed by atoms with E-state index in [0.29, 0.717) is 18.0 Å². The Morgan fingerprint density at radius 3 is 2.68 bits per heavy atom. The molecule has 1 aromatic carbocycles. The van der Waals surface area contributed by atoms with Gasteiger partial charge < -0.3 is 20.7 Å². The summed E-state index contributed by atoms with van der Waals surface area (Å²) in [5.41, 5.74) is 7.21. The fourth-order valence-corrected chi connectivity index (χ4v) is 1.55. The van der Waals surface area contributed by atoms with E-state index in [4.69, 9.17) is 10.5 Å². The first-order valence-electron chi connectivity index (χ1n) is 6.47. The molecule has 19 heavy (non-hydrogen) atoms. The Morgan fingerprint density at radius 2 is 2.11 bits per heavy atom. The predicted octanol–water partition coefficient (Wildman–Crippen LogP) is 1.95. The van der Waals surface area contributed by atoms with E-state index in [-0.39, 0.29) is 18.6 Å². The maximum atomic E-state index is 11.7. The number of nitrogens with one attached hydrogen (secondary N) is 1. The maximum Gasteiger partial charge on any atom is 0.241 e. The number of anilines is 2. The molecule has 5 nitrogen and oxygen atoms in total. The Balaban J connectivity index is 2.68. The van der Waals surface area contributed by atoms with Gasteiger partial charge in [-0.1, -0.05) is 0 Å². The third-order valence-corrected chi connectivity index (χ3v) is 2.64. The lowest BCUT2D eigenvalue weighted by molar-refractivity contribution is -0.127. The lowest BCUT2D eigenvalue weighted by atomic mass is 10.2. The molecule has 0 aliphatic carbocycles. The quantitative estimate of drug-likeness (QED) is 0.771. The van der Waals surface area contributed by atoms with Crippen LogP contribution in [0, 0.1) is 0 Å². The molecular weight excluding hydrogens is 242 g/mol. The van der Waals surface area contributed by atoms with Crippen molar-refractivity contribution >= 4 is 17.3 Å². The molecule has 0 aliphatic heterocycles. The molecule has 0 heterocycles. The van der Waals surface area contributed by atoms with Crippen LogP contribution in [0.4, 0.5) is 11.4 Å². The van der Waals surface area contributed by atoms with Gasteiger partial charge in [0.15, 0.2) is 0 Å². The summed E-state index contributed by atoms with van der Waals surface area (Å²) in [6, 6.07) is 5.40. The molecule has 0 bridgehead atoms. The Labute approximate surface area is 114 Å². The van der Waals surface area contributed by atoms with Crippen LogP contribution in [0.1, 0.15) is 20.8 Å². The van der Waals surface area contributed by atoms with Crippen molar-refractivity contribution in [2.45, 2.75) is 26.9 Å². The normalized spacial score (nSPS) is 10.4. The van der Waals surface area contributed by atoms with Crippen molar-refractivity contribution in [1.29, 1.82) is 0 Å². The van der Waals surface area contributed by atoms with Gasteiger partial charge in [0.2, 0.25) is 5.91 Å². The standard InChI is InChI=1S/C14H23N3O2/c1-5-17(4)14(18)9-16-12-6-11(15)7-13(8-12)19-10(2)3/h6-8,10,16H,5,9,15H2,1-4H3. The van der Waals surface area contributed by atoms with Crippen molar-refractivity contribution in [3.8, 4) is 5.75 Å². The molecule has 0 aliphatic rings. The molecule has 0 saturated heterocycles. The van der Waals surface area contributed by atoms with E-state index < -0.39 is 0 Å². The molecule has 0 unspecified atom stereocenters. The third-order valence-electron chi connectivity index (χ3n) is 2.64. The van der Waals surface area contributed by atoms with Crippen LogP contribution in [-0.4, -0.2) is 37.0 Å². The van der Waals surface area contributed by atoms with Gasteiger partial charge >= 0.3 is 0 Å². The molecule has 3 N–H and O–H groups in total. The minimum atomic E-state index is 0.0382. The van der Waals surface area contributed by atoms with Gasteiger partial charge in [-0.15, -0.1) is 0 Å². The number of amides is 1. The number of hydrogen-bond acceptors (Lipinski definition) is 4. The number of carbonyl (C=O) groups excluding carboxylic acids is 1. The molecule has 0 fully saturated rings. The fraction of sp³-hybridized carbons (Fsp3) is 0.500. The summed E-state index contributed by atoms with van der Waals surface area (Å²) < 4.78 is 5.60. The second-order valence-electron chi connectivity index (χ2n) is 4.72. The summed E-state index contributed by atoms with van der Waals surface area (Å²) >= 11 is 0. The zero-order valence-corrected chi connectivity index (χ0v) is 12.1. The molecular formula is C14H23N3O2. The molecule has 0 aromatic heterocycles. The van der Waals surface area contributed by atoms with E-state index in [1.54, 1.807) is 24.1 Å². The van der Waals surface area contributed by atoms with Crippen LogP contribution >= 0.6 is 0 Å². The maximum absolute atomic E-state index is 11.7. The highest BCUT2D eigenvalue weighted by molar-refractivity contribution is 5.80. The van der Waals surface area contributed by atoms with Crippen LogP contribution < -0.4 is 15.8 Å². The van der Waals surface area contributed by atoms with Crippen LogP contribution in [0.5, 0.6) is 5.75 Å². The van der Waals surface area contributed by atoms with E-state index in [1.165, 1.54) is 0 Å². The number of ether oxygens (including phenoxy) is 1. The Bertz CT molecular complexity index is 433. The summed E-state index contributed by atoms with van der Waals surface area (Å²) in [6.45, 7) is 6.78. The highest BCUT2D eigenvalue weighted by atomic mass is 16.5. The van der Waals surface area contributed by atoms with Gasteiger partial charge in [0.1, 0.15) is 5.75 Å². The average molecular weight is 265 g/mol. The zero-order valence-electron chi connectivity index (χ0n) is 12.1. The third kappa shape index (κ3) is 5.07. The lowest BCUT2D eigenvalue weighted by Crippen LogP contribution is -2.31. The Morgan fingerprint density at radius 1 is 1.42 bits per heavy atom. The summed E-state index contributed by atoms with van der Waals surface area (Å²) in [5.74, 6) is 0.741. The van der Waals surface area contributed by atoms with E-state index in [9.17, 15) is 4.79 Å². The van der Waals surface area contributed by atoms with Crippen LogP contribution in [0.2, 0.25) is 0 Å². The highest BCUT2D eigenvalue weighted by Gasteiger charge is 2.07. The van der Waals surface area contributed by atoms with Gasteiger partial charge in [0.05, 0.1) is 12.6 Å². The zero-order chi connectivity index (χ0) is 14.4. The number of benzene rings is 1. The molecule has 0 saturated carbocycles. The minimum absolute atomic E-state index is 0.0382. The van der Waals surface area contributed by atoms with Gasteiger partial charge in [0, 0.05) is 37.1 Å². The second kappa shape index (κ2) is 6.87. The molecule has 1 rings (SSSR count). The van der Waals surface area contributed by atoms with Gasteiger partial charge in [-0.2, -0.15) is 0 Å². The van der Waals surface area contributed by atoms with Crippen molar-refractivity contribution in [1.82, 2.24) is 4.90 Å². The van der Waals surface area contributed by atoms with Crippen LogP contribution in [0.15, 0.2) is 18.2 Å². The lowest BCUT2D eigenvalue weighted by Gasteiger charge is -2.16. The van der Waals surface area contributed by atoms with E-state index in [2.05, 4.69) is 5.32 Å². The molecule has 106 valence electrons. The van der Waals surface area contributed by atoms with Crippen molar-refractivity contribution in [2.75, 3.05) is 31.2 Å².